The average molecular weight is 175 g/mol. The van der Waals surface area contributed by atoms with E-state index in [1.807, 2.05) is 4.57 Å². The van der Waals surface area contributed by atoms with Crippen molar-refractivity contribution in [3.63, 3.8) is 0 Å². The molecule has 0 amide bonds. The highest BCUT2D eigenvalue weighted by atomic mass is 15.1. The van der Waals surface area contributed by atoms with E-state index in [4.69, 9.17) is 0 Å². The van der Waals surface area contributed by atoms with Gasteiger partial charge in [-0.3, -0.25) is 0 Å². The molecule has 67 valence electrons. The summed E-state index contributed by atoms with van der Waals surface area (Å²) in [6, 6.07) is 0. The van der Waals surface area contributed by atoms with Crippen molar-refractivity contribution in [3.8, 4) is 0 Å². The van der Waals surface area contributed by atoms with Crippen molar-refractivity contribution < 1.29 is 0 Å². The number of nitrogens with zero attached hydrogens (tertiary/aromatic N) is 4. The van der Waals surface area contributed by atoms with E-state index in [9.17, 15) is 0 Å². The van der Waals surface area contributed by atoms with Gasteiger partial charge < -0.3 is 4.57 Å². The minimum Gasteiger partial charge on any atom is -0.323 e. The molecule has 2 aromatic heterocycles. The molecule has 0 aromatic carbocycles. The van der Waals surface area contributed by atoms with E-state index >= 15 is 0 Å². The summed E-state index contributed by atoms with van der Waals surface area (Å²) in [6.45, 7) is 4.24. The van der Waals surface area contributed by atoms with Crippen LogP contribution in [-0.4, -0.2) is 19.5 Å². The molecule has 4 nitrogen and oxygen atoms in total. The maximum Gasteiger partial charge on any atom is 0.180 e. The fourth-order valence-corrected chi connectivity index (χ4v) is 1.19. The van der Waals surface area contributed by atoms with Crippen LogP contribution in [0.5, 0.6) is 0 Å². The van der Waals surface area contributed by atoms with Crippen molar-refractivity contribution in [1.29, 1.82) is 0 Å². The molecule has 0 spiro atoms. The largest absolute Gasteiger partial charge is 0.323 e. The zero-order chi connectivity index (χ0) is 9.10. The van der Waals surface area contributed by atoms with Crippen LogP contribution in [0, 0.1) is 6.54 Å². The summed E-state index contributed by atoms with van der Waals surface area (Å²) in [7, 11) is 0. The van der Waals surface area contributed by atoms with Gasteiger partial charge >= 0.3 is 0 Å². The molecule has 0 N–H and O–H groups in total. The second-order valence-electron chi connectivity index (χ2n) is 2.85. The summed E-state index contributed by atoms with van der Waals surface area (Å²) < 4.78 is 1.97. The van der Waals surface area contributed by atoms with Gasteiger partial charge in [0.1, 0.15) is 11.8 Å². The van der Waals surface area contributed by atoms with Crippen LogP contribution in [0.1, 0.15) is 19.8 Å². The first-order valence-electron chi connectivity index (χ1n) is 4.37. The molecular weight excluding hydrogens is 164 g/mol. The Hall–Kier alpha value is -1.45. The third-order valence-corrected chi connectivity index (χ3v) is 1.87. The smallest absolute Gasteiger partial charge is 0.180 e. The Bertz CT molecular complexity index is 393. The lowest BCUT2D eigenvalue weighted by atomic mass is 10.3. The van der Waals surface area contributed by atoms with Gasteiger partial charge in [0.2, 0.25) is 0 Å². The molecule has 0 atom stereocenters. The predicted octanol–water partition coefficient (Wildman–Crippen LogP) is 1.64. The highest BCUT2D eigenvalue weighted by Gasteiger charge is 2.01. The number of hydrogen-bond acceptors (Lipinski definition) is 3. The van der Waals surface area contributed by atoms with E-state index in [-0.39, 0.29) is 0 Å². The predicted molar refractivity (Wildman–Crippen MR) is 49.9 cm³/mol. The van der Waals surface area contributed by atoms with Crippen molar-refractivity contribution in [3.05, 3.63) is 25.4 Å². The molecular formula is C9H11N4. The number of imidazole rings is 1. The van der Waals surface area contributed by atoms with Gasteiger partial charge in [0.15, 0.2) is 5.65 Å². The van der Waals surface area contributed by atoms with Gasteiger partial charge in [-0.2, -0.15) is 0 Å². The highest BCUT2D eigenvalue weighted by molar-refractivity contribution is 5.69. The van der Waals surface area contributed by atoms with Crippen LogP contribution >= 0.6 is 0 Å². The third-order valence-electron chi connectivity index (χ3n) is 1.87. The molecule has 0 saturated heterocycles. The second kappa shape index (κ2) is 3.51. The van der Waals surface area contributed by atoms with Gasteiger partial charge in [-0.15, -0.1) is 0 Å². The summed E-state index contributed by atoms with van der Waals surface area (Å²) in [5.74, 6) is 0. The van der Waals surface area contributed by atoms with Crippen molar-refractivity contribution >= 4 is 11.2 Å². The number of unbranched alkanes of at least 4 members (excludes halogenated alkanes) is 1. The Morgan fingerprint density at radius 2 is 2.38 bits per heavy atom. The van der Waals surface area contributed by atoms with Gasteiger partial charge in [0, 0.05) is 0 Å². The molecule has 13 heavy (non-hydrogen) atoms. The molecule has 0 unspecified atom stereocenters. The van der Waals surface area contributed by atoms with Gasteiger partial charge in [0.25, 0.3) is 0 Å². The molecule has 0 saturated carbocycles. The standard InChI is InChI=1S/C9H11N4/c1-2-3-4-13-7-12-9-8(13)5-10-6-11-9/h4-7H,2-3H2,1H3. The summed E-state index contributed by atoms with van der Waals surface area (Å²) in [5.41, 5.74) is 1.72. The minimum atomic E-state index is 0.752. The topological polar surface area (TPSA) is 43.6 Å². The average Bonchev–Trinajstić information content (AvgIpc) is 2.58. The molecule has 2 heterocycles. The molecule has 0 bridgehead atoms. The summed E-state index contributed by atoms with van der Waals surface area (Å²) in [6.07, 6.45) is 7.24. The Kier molecular flexibility index (Phi) is 2.21. The van der Waals surface area contributed by atoms with Crippen LogP contribution < -0.4 is 0 Å². The lowest BCUT2D eigenvalue weighted by Gasteiger charge is -1.99. The first-order valence-corrected chi connectivity index (χ1v) is 4.37. The molecule has 0 aliphatic carbocycles. The van der Waals surface area contributed by atoms with E-state index in [2.05, 4.69) is 28.4 Å². The van der Waals surface area contributed by atoms with Gasteiger partial charge in [-0.1, -0.05) is 13.3 Å². The van der Waals surface area contributed by atoms with Crippen LogP contribution in [0.2, 0.25) is 0 Å². The molecule has 2 rings (SSSR count). The molecule has 0 aliphatic heterocycles. The van der Waals surface area contributed by atoms with Crippen molar-refractivity contribution in [2.24, 2.45) is 0 Å². The number of aromatic nitrogens is 4. The van der Waals surface area contributed by atoms with Gasteiger partial charge in [0.05, 0.1) is 19.1 Å². The lowest BCUT2D eigenvalue weighted by molar-refractivity contribution is 0.810. The zero-order valence-corrected chi connectivity index (χ0v) is 7.51. The van der Waals surface area contributed by atoms with Crippen LogP contribution in [0.4, 0.5) is 0 Å². The molecule has 4 heteroatoms. The number of fused-ring (bicyclic) bond motifs is 1. The molecule has 1 radical (unpaired) electrons. The Labute approximate surface area is 76.7 Å². The van der Waals surface area contributed by atoms with Crippen LogP contribution in [0.25, 0.3) is 11.2 Å². The fourth-order valence-electron chi connectivity index (χ4n) is 1.19. The maximum atomic E-state index is 4.15. The SMILES string of the molecule is CCC[CH]n1cnc2ncncc21. The van der Waals surface area contributed by atoms with E-state index in [1.165, 1.54) is 6.33 Å². The highest BCUT2D eigenvalue weighted by Crippen LogP contribution is 2.09. The van der Waals surface area contributed by atoms with E-state index in [0.717, 1.165) is 24.0 Å². The third kappa shape index (κ3) is 1.52. The molecule has 2 aromatic rings. The van der Waals surface area contributed by atoms with E-state index in [1.54, 1.807) is 12.5 Å². The van der Waals surface area contributed by atoms with Crippen LogP contribution in [0.3, 0.4) is 0 Å². The first kappa shape index (κ1) is 8.16. The Morgan fingerprint density at radius 3 is 3.23 bits per heavy atom. The van der Waals surface area contributed by atoms with Crippen molar-refractivity contribution in [2.75, 3.05) is 0 Å². The Morgan fingerprint density at radius 1 is 1.46 bits per heavy atom. The zero-order valence-electron chi connectivity index (χ0n) is 7.51. The summed E-state index contributed by atoms with van der Waals surface area (Å²) in [4.78, 5) is 12.2. The summed E-state index contributed by atoms with van der Waals surface area (Å²) >= 11 is 0. The van der Waals surface area contributed by atoms with Crippen LogP contribution in [0.15, 0.2) is 18.9 Å². The molecule has 0 aliphatic rings. The number of hydrogen-bond donors (Lipinski definition) is 0. The maximum absolute atomic E-state index is 4.15. The Balaban J connectivity index is 2.35. The van der Waals surface area contributed by atoms with E-state index < -0.39 is 0 Å². The van der Waals surface area contributed by atoms with Crippen molar-refractivity contribution in [2.45, 2.75) is 19.8 Å². The first-order chi connectivity index (χ1) is 6.42. The minimum absolute atomic E-state index is 0.752. The monoisotopic (exact) mass is 175 g/mol. The van der Waals surface area contributed by atoms with Crippen molar-refractivity contribution in [1.82, 2.24) is 19.5 Å². The van der Waals surface area contributed by atoms with Gasteiger partial charge in [-0.25, -0.2) is 15.0 Å². The van der Waals surface area contributed by atoms with Gasteiger partial charge in [-0.05, 0) is 6.42 Å². The number of rotatable bonds is 3. The lowest BCUT2D eigenvalue weighted by Crippen LogP contribution is -1.92. The van der Waals surface area contributed by atoms with Crippen LogP contribution in [-0.2, 0) is 0 Å². The molecule has 0 fully saturated rings. The fraction of sp³-hybridized carbons (Fsp3) is 0.333. The second-order valence-corrected chi connectivity index (χ2v) is 2.85. The summed E-state index contributed by atoms with van der Waals surface area (Å²) in [5, 5.41) is 0. The normalized spacial score (nSPS) is 10.8. The van der Waals surface area contributed by atoms with E-state index in [0.29, 0.717) is 0 Å². The quantitative estimate of drug-likeness (QED) is 0.712.